The molecule has 0 aliphatic carbocycles. The van der Waals surface area contributed by atoms with Crippen molar-refractivity contribution in [2.45, 2.75) is 44.4 Å². The van der Waals surface area contributed by atoms with Crippen LogP contribution in [0.4, 0.5) is 17.3 Å². The highest BCUT2D eigenvalue weighted by atomic mass is 35.5. The van der Waals surface area contributed by atoms with Crippen LogP contribution in [0.5, 0.6) is 5.88 Å². The second-order valence-electron chi connectivity index (χ2n) is 9.74. The van der Waals surface area contributed by atoms with Crippen molar-refractivity contribution in [1.29, 1.82) is 0 Å². The average molecular weight is 521 g/mol. The number of amides is 1. The first-order valence-corrected chi connectivity index (χ1v) is 13.1. The van der Waals surface area contributed by atoms with E-state index in [0.717, 1.165) is 68.2 Å². The molecule has 1 amide bonds. The molecule has 3 aliphatic rings. The third-order valence-corrected chi connectivity index (χ3v) is 7.60. The molecule has 2 atom stereocenters. The van der Waals surface area contributed by atoms with Crippen LogP contribution in [0, 0.1) is 0 Å². The minimum absolute atomic E-state index is 0.148. The summed E-state index contributed by atoms with van der Waals surface area (Å²) in [7, 11) is 0. The van der Waals surface area contributed by atoms with Gasteiger partial charge in [0.25, 0.3) is 0 Å². The molecule has 2 aromatic heterocycles. The van der Waals surface area contributed by atoms with Gasteiger partial charge in [-0.1, -0.05) is 11.6 Å². The van der Waals surface area contributed by atoms with Gasteiger partial charge in [0.05, 0.1) is 35.7 Å². The highest BCUT2D eigenvalue weighted by Crippen LogP contribution is 2.39. The van der Waals surface area contributed by atoms with Gasteiger partial charge in [0.15, 0.2) is 0 Å². The van der Waals surface area contributed by atoms with E-state index in [1.165, 1.54) is 0 Å². The lowest BCUT2D eigenvalue weighted by Crippen LogP contribution is -2.48. The Bertz CT molecular complexity index is 1280. The molecule has 3 saturated heterocycles. The number of rotatable bonds is 6. The van der Waals surface area contributed by atoms with Crippen molar-refractivity contribution < 1.29 is 14.3 Å². The van der Waals surface area contributed by atoms with Crippen LogP contribution in [0.3, 0.4) is 0 Å². The summed E-state index contributed by atoms with van der Waals surface area (Å²) in [6.07, 6.45) is 6.39. The van der Waals surface area contributed by atoms with Crippen molar-refractivity contribution in [3.8, 4) is 17.1 Å². The van der Waals surface area contributed by atoms with Gasteiger partial charge in [-0.2, -0.15) is 0 Å². The second kappa shape index (κ2) is 10.1. The van der Waals surface area contributed by atoms with E-state index in [9.17, 15) is 4.79 Å². The number of hydrogen-bond acceptors (Lipinski definition) is 8. The molecule has 192 valence electrons. The first kappa shape index (κ1) is 23.9. The van der Waals surface area contributed by atoms with Gasteiger partial charge in [-0.05, 0) is 36.8 Å². The van der Waals surface area contributed by atoms with Gasteiger partial charge >= 0.3 is 0 Å². The largest absolute Gasteiger partial charge is 0.474 e. The molecule has 6 rings (SSSR count). The van der Waals surface area contributed by atoms with Gasteiger partial charge in [-0.3, -0.25) is 4.79 Å². The number of nitrogens with zero attached hydrogens (tertiary/aromatic N) is 5. The Labute approximate surface area is 220 Å². The van der Waals surface area contributed by atoms with Crippen LogP contribution in [0.1, 0.15) is 26.2 Å². The number of hydrogen-bond donors (Lipinski definition) is 1. The van der Waals surface area contributed by atoms with Crippen molar-refractivity contribution in [2.75, 3.05) is 36.5 Å². The van der Waals surface area contributed by atoms with Crippen LogP contribution in [0.25, 0.3) is 11.3 Å². The molecule has 10 heteroatoms. The summed E-state index contributed by atoms with van der Waals surface area (Å²) in [5, 5.41) is 3.92. The smallest absolute Gasteiger partial charge is 0.227 e. The number of benzene rings is 1. The molecule has 0 spiro atoms. The predicted octanol–water partition coefficient (Wildman–Crippen LogP) is 4.30. The molecule has 2 bridgehead atoms. The quantitative estimate of drug-likeness (QED) is 0.514. The Morgan fingerprint density at radius 1 is 1.11 bits per heavy atom. The summed E-state index contributed by atoms with van der Waals surface area (Å²) >= 11 is 6.69. The molecule has 5 heterocycles. The predicted molar refractivity (Wildman–Crippen MR) is 141 cm³/mol. The van der Waals surface area contributed by atoms with E-state index in [2.05, 4.69) is 25.2 Å². The van der Waals surface area contributed by atoms with Crippen molar-refractivity contribution in [3.63, 3.8) is 0 Å². The highest BCUT2D eigenvalue weighted by Gasteiger charge is 2.44. The monoisotopic (exact) mass is 520 g/mol. The standard InChI is InChI=1S/C27H29ClN6O3/c1-17(35)33-15-21-13-20(33)16-34(21)25-4-3-19(12-23(25)28)31-27-29-9-6-24(32-27)18-2-5-26(30-14-18)37-22-7-10-36-11-8-22/h2-6,9,12,14,20-22H,7-8,10-11,13,15-16H2,1H3,(H,29,31,32). The Morgan fingerprint density at radius 2 is 1.97 bits per heavy atom. The topological polar surface area (TPSA) is 92.7 Å². The van der Waals surface area contributed by atoms with E-state index in [0.29, 0.717) is 22.9 Å². The van der Waals surface area contributed by atoms with Gasteiger partial charge in [0.1, 0.15) is 6.10 Å². The number of nitrogens with one attached hydrogen (secondary N) is 1. The van der Waals surface area contributed by atoms with Crippen LogP contribution in [-0.2, 0) is 9.53 Å². The van der Waals surface area contributed by atoms with E-state index >= 15 is 0 Å². The SMILES string of the molecule is CC(=O)N1CC2CC1CN2c1ccc(Nc2nccc(-c3ccc(OC4CCOCC4)nc3)n2)cc1Cl. The maximum atomic E-state index is 11.8. The molecule has 1 aromatic carbocycles. The number of carbonyl (C=O) groups excluding carboxylic acids is 1. The number of likely N-dealkylation sites (tertiary alicyclic amines) is 1. The first-order chi connectivity index (χ1) is 18.0. The Balaban J connectivity index is 1.11. The molecule has 9 nitrogen and oxygen atoms in total. The van der Waals surface area contributed by atoms with Gasteiger partial charge in [0, 0.05) is 68.6 Å². The summed E-state index contributed by atoms with van der Waals surface area (Å²) in [6.45, 7) is 4.67. The van der Waals surface area contributed by atoms with Crippen molar-refractivity contribution in [3.05, 3.63) is 53.8 Å². The highest BCUT2D eigenvalue weighted by molar-refractivity contribution is 6.33. The lowest BCUT2D eigenvalue weighted by molar-refractivity contribution is -0.129. The van der Waals surface area contributed by atoms with Crippen molar-refractivity contribution >= 4 is 34.8 Å². The van der Waals surface area contributed by atoms with E-state index in [4.69, 9.17) is 21.1 Å². The summed E-state index contributed by atoms with van der Waals surface area (Å²) < 4.78 is 11.4. The average Bonchev–Trinajstić information content (AvgIpc) is 3.52. The fraction of sp³-hybridized carbons (Fsp3) is 0.407. The summed E-state index contributed by atoms with van der Waals surface area (Å²) in [5.41, 5.74) is 3.43. The van der Waals surface area contributed by atoms with E-state index in [1.807, 2.05) is 41.3 Å². The zero-order valence-electron chi connectivity index (χ0n) is 20.6. The zero-order valence-corrected chi connectivity index (χ0v) is 21.4. The Hall–Kier alpha value is -3.43. The second-order valence-corrected chi connectivity index (χ2v) is 10.1. The number of ether oxygens (including phenoxy) is 2. The fourth-order valence-electron chi connectivity index (χ4n) is 5.44. The maximum Gasteiger partial charge on any atom is 0.227 e. The first-order valence-electron chi connectivity index (χ1n) is 12.7. The van der Waals surface area contributed by atoms with Crippen molar-refractivity contribution in [2.24, 2.45) is 0 Å². The Morgan fingerprint density at radius 3 is 2.68 bits per heavy atom. The molecule has 3 fully saturated rings. The molecular weight excluding hydrogens is 492 g/mol. The molecule has 37 heavy (non-hydrogen) atoms. The lowest BCUT2D eigenvalue weighted by atomic mass is 10.1. The number of fused-ring (bicyclic) bond motifs is 2. The Kier molecular flexibility index (Phi) is 6.56. The van der Waals surface area contributed by atoms with Gasteiger partial charge in [0.2, 0.25) is 17.7 Å². The number of anilines is 3. The number of piperazine rings is 1. The maximum absolute atomic E-state index is 11.8. The molecular formula is C27H29ClN6O3. The van der Waals surface area contributed by atoms with Gasteiger partial charge in [-0.25, -0.2) is 15.0 Å². The van der Waals surface area contributed by atoms with Crippen molar-refractivity contribution in [1.82, 2.24) is 19.9 Å². The van der Waals surface area contributed by atoms with Gasteiger partial charge < -0.3 is 24.6 Å². The van der Waals surface area contributed by atoms with Crippen LogP contribution in [-0.4, -0.2) is 70.2 Å². The molecule has 3 aliphatic heterocycles. The third kappa shape index (κ3) is 5.06. The molecule has 0 radical (unpaired) electrons. The fourth-order valence-corrected chi connectivity index (χ4v) is 5.73. The van der Waals surface area contributed by atoms with Crippen LogP contribution >= 0.6 is 11.6 Å². The molecule has 1 N–H and O–H groups in total. The summed E-state index contributed by atoms with van der Waals surface area (Å²) in [6, 6.07) is 12.2. The minimum atomic E-state index is 0.148. The third-order valence-electron chi connectivity index (χ3n) is 7.30. The number of aromatic nitrogens is 3. The molecule has 2 unspecified atom stereocenters. The van der Waals surface area contributed by atoms with E-state index < -0.39 is 0 Å². The van der Waals surface area contributed by atoms with Gasteiger partial charge in [-0.15, -0.1) is 0 Å². The number of pyridine rings is 1. The zero-order chi connectivity index (χ0) is 25.4. The minimum Gasteiger partial charge on any atom is -0.474 e. The normalized spacial score (nSPS) is 21.4. The molecule has 3 aromatic rings. The summed E-state index contributed by atoms with van der Waals surface area (Å²) in [4.78, 5) is 29.6. The summed E-state index contributed by atoms with van der Waals surface area (Å²) in [5.74, 6) is 1.23. The lowest BCUT2D eigenvalue weighted by Gasteiger charge is -2.35. The number of halogens is 1. The number of carbonyl (C=O) groups is 1. The van der Waals surface area contributed by atoms with E-state index in [-0.39, 0.29) is 18.1 Å². The van der Waals surface area contributed by atoms with E-state index in [1.54, 1.807) is 19.3 Å². The van der Waals surface area contributed by atoms with Crippen LogP contribution < -0.4 is 15.0 Å². The molecule has 0 saturated carbocycles. The van der Waals surface area contributed by atoms with Crippen LogP contribution in [0.2, 0.25) is 5.02 Å². The van der Waals surface area contributed by atoms with Crippen LogP contribution in [0.15, 0.2) is 48.8 Å².